The number of rotatable bonds is 6. The molecule has 4 rings (SSSR count). The van der Waals surface area contributed by atoms with Crippen molar-refractivity contribution in [1.82, 2.24) is 24.4 Å². The van der Waals surface area contributed by atoms with Crippen LogP contribution in [0.15, 0.2) is 48.8 Å². The summed E-state index contributed by atoms with van der Waals surface area (Å²) in [7, 11) is 1.78. The lowest BCUT2D eigenvalue weighted by molar-refractivity contribution is -0.137. The van der Waals surface area contributed by atoms with E-state index in [0.29, 0.717) is 42.3 Å². The maximum absolute atomic E-state index is 12.9. The molecule has 3 heterocycles. The van der Waals surface area contributed by atoms with Crippen molar-refractivity contribution >= 4 is 11.6 Å². The predicted octanol–water partition coefficient (Wildman–Crippen LogP) is 3.77. The third kappa shape index (κ3) is 5.27. The van der Waals surface area contributed by atoms with Crippen molar-refractivity contribution in [3.8, 4) is 0 Å². The van der Waals surface area contributed by atoms with Gasteiger partial charge >= 0.3 is 6.18 Å². The van der Waals surface area contributed by atoms with Crippen LogP contribution in [0, 0.1) is 5.92 Å². The van der Waals surface area contributed by atoms with E-state index in [1.165, 1.54) is 12.1 Å². The molecule has 1 fully saturated rings. The SMILES string of the molecule is CN(C[C@H]1CCCN(CCc2cccc(C(F)(F)F)c2)C1)C(=O)c1cc2ncccn2n1. The van der Waals surface area contributed by atoms with E-state index in [-0.39, 0.29) is 5.91 Å². The first-order valence-electron chi connectivity index (χ1n) is 10.7. The van der Waals surface area contributed by atoms with Crippen LogP contribution < -0.4 is 0 Å². The third-order valence-electron chi connectivity index (χ3n) is 5.91. The Kier molecular flexibility index (Phi) is 6.45. The first kappa shape index (κ1) is 22.3. The quantitative estimate of drug-likeness (QED) is 0.580. The summed E-state index contributed by atoms with van der Waals surface area (Å²) >= 11 is 0. The Morgan fingerprint density at radius 1 is 1.25 bits per heavy atom. The standard InChI is InChI=1S/C23H26F3N5O/c1-29(22(32)20-14-21-27-9-4-11-31(21)28-20)15-18-6-3-10-30(16-18)12-8-17-5-2-7-19(13-17)23(24,25)26/h2,4-5,7,9,11,13-14,18H,3,6,8,10,12,15-16H2,1H3/t18-/m1/s1. The average Bonchev–Trinajstić information content (AvgIpc) is 3.21. The molecule has 1 aliphatic rings. The van der Waals surface area contributed by atoms with Crippen LogP contribution in [-0.2, 0) is 12.6 Å². The first-order valence-corrected chi connectivity index (χ1v) is 10.7. The molecule has 6 nitrogen and oxygen atoms in total. The minimum Gasteiger partial charge on any atom is -0.340 e. The van der Waals surface area contributed by atoms with Gasteiger partial charge in [0.05, 0.1) is 5.56 Å². The predicted molar refractivity (Wildman–Crippen MR) is 114 cm³/mol. The van der Waals surface area contributed by atoms with Crippen LogP contribution in [0.1, 0.15) is 34.5 Å². The van der Waals surface area contributed by atoms with Gasteiger partial charge in [-0.15, -0.1) is 0 Å². The molecule has 1 amide bonds. The van der Waals surface area contributed by atoms with Crippen LogP contribution in [0.3, 0.4) is 0 Å². The number of piperidine rings is 1. The molecule has 0 aliphatic carbocycles. The number of carbonyl (C=O) groups excluding carboxylic acids is 1. The van der Waals surface area contributed by atoms with Crippen molar-refractivity contribution in [3.63, 3.8) is 0 Å². The number of amides is 1. The molecule has 1 aromatic carbocycles. The lowest BCUT2D eigenvalue weighted by atomic mass is 9.97. The fraction of sp³-hybridized carbons (Fsp3) is 0.435. The highest BCUT2D eigenvalue weighted by atomic mass is 19.4. The summed E-state index contributed by atoms with van der Waals surface area (Å²) in [5.74, 6) is 0.172. The molecule has 1 saturated heterocycles. The minimum absolute atomic E-state index is 0.142. The summed E-state index contributed by atoms with van der Waals surface area (Å²) in [6, 6.07) is 8.98. The zero-order chi connectivity index (χ0) is 22.7. The molecule has 0 spiro atoms. The number of halogens is 3. The molecule has 1 aliphatic heterocycles. The van der Waals surface area contributed by atoms with Crippen LogP contribution >= 0.6 is 0 Å². The van der Waals surface area contributed by atoms with Crippen LogP contribution in [0.25, 0.3) is 5.65 Å². The second-order valence-electron chi connectivity index (χ2n) is 8.39. The molecule has 3 aromatic rings. The summed E-state index contributed by atoms with van der Waals surface area (Å²) in [6.07, 6.45) is 1.69. The van der Waals surface area contributed by atoms with E-state index in [9.17, 15) is 18.0 Å². The van der Waals surface area contributed by atoms with E-state index >= 15 is 0 Å². The van der Waals surface area contributed by atoms with Crippen molar-refractivity contribution in [1.29, 1.82) is 0 Å². The van der Waals surface area contributed by atoms with Crippen LogP contribution in [0.2, 0.25) is 0 Å². The maximum Gasteiger partial charge on any atom is 0.416 e. The molecule has 9 heteroatoms. The van der Waals surface area contributed by atoms with Crippen LogP contribution in [0.4, 0.5) is 13.2 Å². The van der Waals surface area contributed by atoms with E-state index in [1.807, 2.05) is 0 Å². The highest BCUT2D eigenvalue weighted by Gasteiger charge is 2.30. The molecule has 2 aromatic heterocycles. The van der Waals surface area contributed by atoms with Crippen LogP contribution in [0.5, 0.6) is 0 Å². The van der Waals surface area contributed by atoms with Gasteiger partial charge in [0.1, 0.15) is 0 Å². The largest absolute Gasteiger partial charge is 0.416 e. The summed E-state index contributed by atoms with van der Waals surface area (Å²) in [4.78, 5) is 21.0. The van der Waals surface area contributed by atoms with E-state index in [1.54, 1.807) is 47.1 Å². The smallest absolute Gasteiger partial charge is 0.340 e. The fourth-order valence-corrected chi connectivity index (χ4v) is 4.29. The van der Waals surface area contributed by atoms with E-state index in [0.717, 1.165) is 32.0 Å². The number of fused-ring (bicyclic) bond motifs is 1. The minimum atomic E-state index is -4.32. The lowest BCUT2D eigenvalue weighted by Gasteiger charge is -2.34. The van der Waals surface area contributed by atoms with Gasteiger partial charge in [-0.3, -0.25) is 4.79 Å². The van der Waals surface area contributed by atoms with Crippen molar-refractivity contribution < 1.29 is 18.0 Å². The molecule has 0 saturated carbocycles. The molecular weight excluding hydrogens is 419 g/mol. The Morgan fingerprint density at radius 3 is 2.88 bits per heavy atom. The number of likely N-dealkylation sites (tertiary alicyclic amines) is 1. The van der Waals surface area contributed by atoms with Crippen molar-refractivity contribution in [2.24, 2.45) is 5.92 Å². The molecule has 0 radical (unpaired) electrons. The second kappa shape index (κ2) is 9.28. The van der Waals surface area contributed by atoms with Gasteiger partial charge in [-0.25, -0.2) is 9.50 Å². The van der Waals surface area contributed by atoms with E-state index in [2.05, 4.69) is 15.0 Å². The number of nitrogens with zero attached hydrogens (tertiary/aromatic N) is 5. The maximum atomic E-state index is 12.9. The molecule has 0 N–H and O–H groups in total. The van der Waals surface area contributed by atoms with Gasteiger partial charge in [-0.05, 0) is 49.4 Å². The normalized spacial score (nSPS) is 17.6. The lowest BCUT2D eigenvalue weighted by Crippen LogP contribution is -2.42. The van der Waals surface area contributed by atoms with Crippen molar-refractivity contribution in [2.75, 3.05) is 33.2 Å². The number of hydrogen-bond acceptors (Lipinski definition) is 4. The van der Waals surface area contributed by atoms with Crippen molar-refractivity contribution in [3.05, 3.63) is 65.6 Å². The Labute approximate surface area is 184 Å². The first-order chi connectivity index (χ1) is 15.3. The molecular formula is C23H26F3N5O. The number of hydrogen-bond donors (Lipinski definition) is 0. The molecule has 170 valence electrons. The summed E-state index contributed by atoms with van der Waals surface area (Å²) in [5.41, 5.74) is 1.08. The van der Waals surface area contributed by atoms with Gasteiger partial charge in [-0.1, -0.05) is 18.2 Å². The molecule has 0 bridgehead atoms. The van der Waals surface area contributed by atoms with Crippen molar-refractivity contribution in [2.45, 2.75) is 25.4 Å². The number of alkyl halides is 3. The Balaban J connectivity index is 1.31. The molecule has 32 heavy (non-hydrogen) atoms. The summed E-state index contributed by atoms with van der Waals surface area (Å²) < 4.78 is 40.4. The average molecular weight is 445 g/mol. The van der Waals surface area contributed by atoms with Gasteiger partial charge in [0.25, 0.3) is 5.91 Å². The third-order valence-corrected chi connectivity index (χ3v) is 5.91. The number of aromatic nitrogens is 3. The Morgan fingerprint density at radius 2 is 2.09 bits per heavy atom. The highest BCUT2D eigenvalue weighted by molar-refractivity contribution is 5.93. The molecule has 0 unspecified atom stereocenters. The monoisotopic (exact) mass is 445 g/mol. The second-order valence-corrected chi connectivity index (χ2v) is 8.39. The fourth-order valence-electron chi connectivity index (χ4n) is 4.29. The zero-order valence-electron chi connectivity index (χ0n) is 17.9. The van der Waals surface area contributed by atoms with Gasteiger partial charge < -0.3 is 9.80 Å². The Hall–Kier alpha value is -2.94. The number of benzene rings is 1. The Bertz CT molecular complexity index is 1050. The van der Waals surface area contributed by atoms with Gasteiger partial charge in [0.15, 0.2) is 11.3 Å². The zero-order valence-corrected chi connectivity index (χ0v) is 17.9. The van der Waals surface area contributed by atoms with Gasteiger partial charge in [-0.2, -0.15) is 18.3 Å². The van der Waals surface area contributed by atoms with E-state index in [4.69, 9.17) is 0 Å². The molecule has 1 atom stereocenters. The highest BCUT2D eigenvalue weighted by Crippen LogP contribution is 2.29. The van der Waals surface area contributed by atoms with E-state index < -0.39 is 11.7 Å². The topological polar surface area (TPSA) is 53.7 Å². The summed E-state index contributed by atoms with van der Waals surface area (Å²) in [6.45, 7) is 3.06. The van der Waals surface area contributed by atoms with Gasteiger partial charge in [0, 0.05) is 45.1 Å². The van der Waals surface area contributed by atoms with Crippen LogP contribution in [-0.4, -0.2) is 63.5 Å². The summed E-state index contributed by atoms with van der Waals surface area (Å²) in [5, 5.41) is 4.30. The van der Waals surface area contributed by atoms with Gasteiger partial charge in [0.2, 0.25) is 0 Å². The number of carbonyl (C=O) groups is 1.